The highest BCUT2D eigenvalue weighted by atomic mass is 32.2. The Morgan fingerprint density at radius 2 is 1.79 bits per heavy atom. The summed E-state index contributed by atoms with van der Waals surface area (Å²) in [5.41, 5.74) is 2.05. The third kappa shape index (κ3) is 8.04. The summed E-state index contributed by atoms with van der Waals surface area (Å²) in [6.45, 7) is 5.28. The summed E-state index contributed by atoms with van der Waals surface area (Å²) in [6, 6.07) is 14.3. The maximum atomic E-state index is 12.9. The Labute approximate surface area is 176 Å². The molecule has 1 fully saturated rings. The third-order valence-corrected chi connectivity index (χ3v) is 5.82. The van der Waals surface area contributed by atoms with Gasteiger partial charge in [0.15, 0.2) is 0 Å². The number of urea groups is 1. The Hall–Kier alpha value is -2.09. The van der Waals surface area contributed by atoms with Crippen LogP contribution in [0.4, 0.5) is 14.9 Å². The number of nitrogens with one attached hydrogen (secondary N) is 2. The molecule has 156 valence electrons. The van der Waals surface area contributed by atoms with Crippen molar-refractivity contribution >= 4 is 23.5 Å². The monoisotopic (exact) mass is 417 g/mol. The Morgan fingerprint density at radius 3 is 2.52 bits per heavy atom. The second-order valence-corrected chi connectivity index (χ2v) is 8.11. The van der Waals surface area contributed by atoms with Crippen molar-refractivity contribution in [2.45, 2.75) is 17.7 Å². The largest absolute Gasteiger partial charge is 0.379 e. The second kappa shape index (κ2) is 11.8. The maximum Gasteiger partial charge on any atom is 0.319 e. The molecule has 0 aliphatic carbocycles. The van der Waals surface area contributed by atoms with Gasteiger partial charge in [0.2, 0.25) is 0 Å². The Balaban J connectivity index is 1.29. The number of anilines is 1. The summed E-state index contributed by atoms with van der Waals surface area (Å²) in [6.07, 6.45) is 1.84. The van der Waals surface area contributed by atoms with Gasteiger partial charge in [-0.2, -0.15) is 0 Å². The molecule has 2 amide bonds. The molecule has 1 heterocycles. The molecule has 1 aliphatic heterocycles. The first-order chi connectivity index (χ1) is 14.2. The van der Waals surface area contributed by atoms with Crippen LogP contribution in [0.1, 0.15) is 12.0 Å². The highest BCUT2D eigenvalue weighted by Crippen LogP contribution is 2.18. The molecule has 0 unspecified atom stereocenters. The predicted octanol–water partition coefficient (Wildman–Crippen LogP) is 4.00. The molecule has 0 atom stereocenters. The lowest BCUT2D eigenvalue weighted by atomic mass is 10.1. The summed E-state index contributed by atoms with van der Waals surface area (Å²) in [7, 11) is 0. The van der Waals surface area contributed by atoms with Crippen LogP contribution in [0.15, 0.2) is 53.4 Å². The van der Waals surface area contributed by atoms with Gasteiger partial charge in [-0.3, -0.25) is 4.90 Å². The highest BCUT2D eigenvalue weighted by molar-refractivity contribution is 7.99. The van der Waals surface area contributed by atoms with E-state index in [1.165, 1.54) is 17.7 Å². The first-order valence-electron chi connectivity index (χ1n) is 10.0. The molecule has 0 saturated carbocycles. The van der Waals surface area contributed by atoms with Crippen LogP contribution in [0.3, 0.4) is 0 Å². The Kier molecular flexibility index (Phi) is 8.80. The summed E-state index contributed by atoms with van der Waals surface area (Å²) < 4.78 is 18.2. The van der Waals surface area contributed by atoms with E-state index in [1.54, 1.807) is 23.9 Å². The molecule has 0 radical (unpaired) electrons. The van der Waals surface area contributed by atoms with Crippen molar-refractivity contribution in [1.29, 1.82) is 0 Å². The summed E-state index contributed by atoms with van der Waals surface area (Å²) in [4.78, 5) is 15.5. The number of carbonyl (C=O) groups is 1. The number of hydrogen-bond acceptors (Lipinski definition) is 4. The lowest BCUT2D eigenvalue weighted by Crippen LogP contribution is -2.37. The zero-order valence-corrected chi connectivity index (χ0v) is 17.3. The van der Waals surface area contributed by atoms with Crippen LogP contribution in [0.25, 0.3) is 0 Å². The van der Waals surface area contributed by atoms with E-state index in [0.717, 1.165) is 62.0 Å². The summed E-state index contributed by atoms with van der Waals surface area (Å²) >= 11 is 1.65. The first-order valence-corrected chi connectivity index (χ1v) is 11.0. The van der Waals surface area contributed by atoms with E-state index in [0.29, 0.717) is 6.54 Å². The van der Waals surface area contributed by atoms with E-state index in [1.807, 2.05) is 12.1 Å². The van der Waals surface area contributed by atoms with Crippen molar-refractivity contribution < 1.29 is 13.9 Å². The quantitative estimate of drug-likeness (QED) is 0.478. The molecule has 3 rings (SSSR count). The minimum Gasteiger partial charge on any atom is -0.379 e. The van der Waals surface area contributed by atoms with Gasteiger partial charge in [-0.1, -0.05) is 12.1 Å². The van der Waals surface area contributed by atoms with Crippen molar-refractivity contribution in [2.24, 2.45) is 0 Å². The van der Waals surface area contributed by atoms with E-state index in [9.17, 15) is 9.18 Å². The number of benzene rings is 2. The molecule has 0 aromatic heterocycles. The fourth-order valence-corrected chi connectivity index (χ4v) is 3.89. The number of rotatable bonds is 9. The molecule has 0 bridgehead atoms. The van der Waals surface area contributed by atoms with Gasteiger partial charge in [0.25, 0.3) is 0 Å². The number of morpholine rings is 1. The van der Waals surface area contributed by atoms with Crippen LogP contribution in [-0.4, -0.2) is 56.1 Å². The molecule has 2 aromatic rings. The third-order valence-electron chi connectivity index (χ3n) is 4.72. The lowest BCUT2D eigenvalue weighted by molar-refractivity contribution is 0.0384. The van der Waals surface area contributed by atoms with Crippen LogP contribution in [0, 0.1) is 5.82 Å². The van der Waals surface area contributed by atoms with E-state index in [-0.39, 0.29) is 11.8 Å². The lowest BCUT2D eigenvalue weighted by Gasteiger charge is -2.26. The van der Waals surface area contributed by atoms with Gasteiger partial charge < -0.3 is 15.4 Å². The zero-order chi connectivity index (χ0) is 20.3. The number of nitrogens with zero attached hydrogens (tertiary/aromatic N) is 1. The first kappa shape index (κ1) is 21.6. The van der Waals surface area contributed by atoms with Crippen LogP contribution in [0.2, 0.25) is 0 Å². The van der Waals surface area contributed by atoms with E-state index in [4.69, 9.17) is 4.74 Å². The van der Waals surface area contributed by atoms with Crippen molar-refractivity contribution in [3.05, 3.63) is 59.9 Å². The molecule has 0 spiro atoms. The topological polar surface area (TPSA) is 53.6 Å². The molecule has 2 aromatic carbocycles. The van der Waals surface area contributed by atoms with Crippen molar-refractivity contribution in [3.8, 4) is 0 Å². The number of thioether (sulfide) groups is 1. The zero-order valence-electron chi connectivity index (χ0n) is 16.5. The number of amides is 2. The fourth-order valence-electron chi connectivity index (χ4n) is 3.04. The average molecular weight is 418 g/mol. The van der Waals surface area contributed by atoms with Crippen LogP contribution in [-0.2, 0) is 11.2 Å². The number of ether oxygens (including phenoxy) is 1. The number of halogens is 1. The fraction of sp³-hybridized carbons (Fsp3) is 0.409. The van der Waals surface area contributed by atoms with E-state index >= 15 is 0 Å². The molecule has 2 N–H and O–H groups in total. The molecular formula is C22H28FN3O2S. The van der Waals surface area contributed by atoms with E-state index < -0.39 is 0 Å². The molecule has 7 heteroatoms. The molecular weight excluding hydrogens is 389 g/mol. The molecule has 1 saturated heterocycles. The SMILES string of the molecule is O=C(NCCCSc1ccc(F)cc1)Nc1ccc(CCN2CCOCC2)cc1. The molecule has 5 nitrogen and oxygen atoms in total. The summed E-state index contributed by atoms with van der Waals surface area (Å²) in [5.74, 6) is 0.641. The normalized spacial score (nSPS) is 14.5. The molecule has 1 aliphatic rings. The van der Waals surface area contributed by atoms with Gasteiger partial charge in [-0.05, 0) is 60.6 Å². The van der Waals surface area contributed by atoms with E-state index in [2.05, 4.69) is 27.7 Å². The van der Waals surface area contributed by atoms with Gasteiger partial charge in [0.1, 0.15) is 5.82 Å². The van der Waals surface area contributed by atoms with Gasteiger partial charge in [0, 0.05) is 36.8 Å². The Morgan fingerprint density at radius 1 is 1.07 bits per heavy atom. The van der Waals surface area contributed by atoms with Gasteiger partial charge in [-0.15, -0.1) is 11.8 Å². The van der Waals surface area contributed by atoms with Gasteiger partial charge >= 0.3 is 6.03 Å². The van der Waals surface area contributed by atoms with Crippen LogP contribution in [0.5, 0.6) is 0 Å². The Bertz CT molecular complexity index is 750. The van der Waals surface area contributed by atoms with Gasteiger partial charge in [-0.25, -0.2) is 9.18 Å². The average Bonchev–Trinajstić information content (AvgIpc) is 2.75. The van der Waals surface area contributed by atoms with Gasteiger partial charge in [0.05, 0.1) is 13.2 Å². The number of hydrogen-bond donors (Lipinski definition) is 2. The maximum absolute atomic E-state index is 12.9. The smallest absolute Gasteiger partial charge is 0.319 e. The van der Waals surface area contributed by atoms with Crippen molar-refractivity contribution in [1.82, 2.24) is 10.2 Å². The molecule has 29 heavy (non-hydrogen) atoms. The standard InChI is InChI=1S/C22H28FN3O2S/c23-19-4-8-21(9-5-19)29-17-1-11-24-22(27)25-20-6-2-18(3-7-20)10-12-26-13-15-28-16-14-26/h2-9H,1,10-17H2,(H2,24,25,27). The predicted molar refractivity (Wildman–Crippen MR) is 116 cm³/mol. The summed E-state index contributed by atoms with van der Waals surface area (Å²) in [5, 5.41) is 5.73. The highest BCUT2D eigenvalue weighted by Gasteiger charge is 2.09. The van der Waals surface area contributed by atoms with Crippen LogP contribution < -0.4 is 10.6 Å². The van der Waals surface area contributed by atoms with Crippen LogP contribution >= 0.6 is 11.8 Å². The minimum atomic E-state index is -0.224. The second-order valence-electron chi connectivity index (χ2n) is 6.94. The number of carbonyl (C=O) groups excluding carboxylic acids is 1. The van der Waals surface area contributed by atoms with Crippen molar-refractivity contribution in [3.63, 3.8) is 0 Å². The van der Waals surface area contributed by atoms with Crippen molar-refractivity contribution in [2.75, 3.05) is 50.5 Å². The minimum absolute atomic E-state index is 0.196.